The van der Waals surface area contributed by atoms with Gasteiger partial charge in [-0.2, -0.15) is 0 Å². The second-order valence-corrected chi connectivity index (χ2v) is 3.46. The highest BCUT2D eigenvalue weighted by atomic mass is 35.5. The van der Waals surface area contributed by atoms with Crippen molar-refractivity contribution >= 4 is 17.5 Å². The Morgan fingerprint density at radius 1 is 1.67 bits per heavy atom. The Kier molecular flexibility index (Phi) is 5.81. The Morgan fingerprint density at radius 3 is 2.67 bits per heavy atom. The molecule has 0 aliphatic heterocycles. The quantitative estimate of drug-likeness (QED) is 0.707. The first-order chi connectivity index (χ1) is 5.57. The van der Waals surface area contributed by atoms with Gasteiger partial charge in [0.25, 0.3) is 0 Å². The van der Waals surface area contributed by atoms with E-state index < -0.39 is 0 Å². The van der Waals surface area contributed by atoms with Gasteiger partial charge in [-0.3, -0.25) is 4.79 Å². The van der Waals surface area contributed by atoms with Crippen LogP contribution >= 0.6 is 11.6 Å². The summed E-state index contributed by atoms with van der Waals surface area (Å²) in [4.78, 5) is 11.2. The fourth-order valence-corrected chi connectivity index (χ4v) is 0.988. The minimum Gasteiger partial charge on any atom is -0.351 e. The van der Waals surface area contributed by atoms with Gasteiger partial charge in [0, 0.05) is 11.0 Å². The minimum absolute atomic E-state index is 0.0543. The van der Waals surface area contributed by atoms with E-state index in [-0.39, 0.29) is 11.8 Å². The van der Waals surface area contributed by atoms with E-state index in [1.165, 1.54) is 0 Å². The van der Waals surface area contributed by atoms with Crippen LogP contribution in [0.3, 0.4) is 0 Å². The number of carbonyl (C=O) groups excluding carboxylic acids is 1. The lowest BCUT2D eigenvalue weighted by Crippen LogP contribution is -2.29. The molecule has 0 aromatic heterocycles. The van der Waals surface area contributed by atoms with Crippen LogP contribution in [0.2, 0.25) is 0 Å². The Labute approximate surface area is 79.0 Å². The summed E-state index contributed by atoms with van der Waals surface area (Å²) >= 11 is 5.49. The molecule has 0 aromatic carbocycles. The molecule has 1 N–H and O–H groups in total. The van der Waals surface area contributed by atoms with Crippen LogP contribution in [0.4, 0.5) is 0 Å². The van der Waals surface area contributed by atoms with Crippen molar-refractivity contribution in [1.29, 1.82) is 0 Å². The van der Waals surface area contributed by atoms with Crippen LogP contribution in [0.1, 0.15) is 26.7 Å². The van der Waals surface area contributed by atoms with Crippen molar-refractivity contribution in [2.75, 3.05) is 6.54 Å². The van der Waals surface area contributed by atoms with E-state index in [2.05, 4.69) is 18.8 Å². The van der Waals surface area contributed by atoms with Crippen LogP contribution in [0.15, 0.2) is 11.6 Å². The molecule has 0 bridgehead atoms. The molecule has 0 heterocycles. The SMILES string of the molecule is C=C(Cl)CNC(=O)C(C)CCC. The third kappa shape index (κ3) is 5.19. The zero-order valence-electron chi connectivity index (χ0n) is 7.69. The van der Waals surface area contributed by atoms with Crippen LogP contribution < -0.4 is 5.32 Å². The summed E-state index contributed by atoms with van der Waals surface area (Å²) in [6.07, 6.45) is 1.94. The molecule has 0 saturated heterocycles. The van der Waals surface area contributed by atoms with Crippen molar-refractivity contribution < 1.29 is 4.79 Å². The van der Waals surface area contributed by atoms with Gasteiger partial charge in [-0.25, -0.2) is 0 Å². The van der Waals surface area contributed by atoms with Gasteiger partial charge in [0.2, 0.25) is 5.91 Å². The fourth-order valence-electron chi connectivity index (χ4n) is 0.921. The van der Waals surface area contributed by atoms with Gasteiger partial charge in [0.1, 0.15) is 0 Å². The fraction of sp³-hybridized carbons (Fsp3) is 0.667. The first kappa shape index (κ1) is 11.5. The smallest absolute Gasteiger partial charge is 0.223 e. The van der Waals surface area contributed by atoms with Gasteiger partial charge >= 0.3 is 0 Å². The van der Waals surface area contributed by atoms with Crippen LogP contribution in [-0.4, -0.2) is 12.5 Å². The van der Waals surface area contributed by atoms with Crippen molar-refractivity contribution in [2.24, 2.45) is 5.92 Å². The van der Waals surface area contributed by atoms with E-state index in [0.29, 0.717) is 11.6 Å². The van der Waals surface area contributed by atoms with Gasteiger partial charge in [-0.1, -0.05) is 38.4 Å². The monoisotopic (exact) mass is 189 g/mol. The largest absolute Gasteiger partial charge is 0.351 e. The number of amides is 1. The molecule has 2 nitrogen and oxygen atoms in total. The zero-order valence-corrected chi connectivity index (χ0v) is 8.45. The molecule has 0 spiro atoms. The molecule has 3 heteroatoms. The predicted molar refractivity (Wildman–Crippen MR) is 52.1 cm³/mol. The average molecular weight is 190 g/mol. The molecule has 1 unspecified atom stereocenters. The highest BCUT2D eigenvalue weighted by molar-refractivity contribution is 6.29. The summed E-state index contributed by atoms with van der Waals surface area (Å²) in [6, 6.07) is 0. The number of rotatable bonds is 5. The van der Waals surface area contributed by atoms with Crippen molar-refractivity contribution in [3.63, 3.8) is 0 Å². The van der Waals surface area contributed by atoms with Gasteiger partial charge in [0.15, 0.2) is 0 Å². The lowest BCUT2D eigenvalue weighted by atomic mass is 10.1. The Hall–Kier alpha value is -0.500. The first-order valence-corrected chi connectivity index (χ1v) is 4.56. The van der Waals surface area contributed by atoms with E-state index in [1.54, 1.807) is 0 Å². The minimum atomic E-state index is 0.0543. The third-order valence-corrected chi connectivity index (χ3v) is 1.76. The van der Waals surface area contributed by atoms with Crippen molar-refractivity contribution in [2.45, 2.75) is 26.7 Å². The molecule has 0 fully saturated rings. The molecule has 70 valence electrons. The molecule has 0 rings (SSSR count). The Morgan fingerprint density at radius 2 is 2.25 bits per heavy atom. The normalized spacial score (nSPS) is 12.2. The molecule has 1 atom stereocenters. The van der Waals surface area contributed by atoms with Gasteiger partial charge in [0.05, 0.1) is 6.54 Å². The van der Waals surface area contributed by atoms with Crippen LogP contribution in [0.5, 0.6) is 0 Å². The van der Waals surface area contributed by atoms with Gasteiger partial charge < -0.3 is 5.32 Å². The Balaban J connectivity index is 3.64. The molecule has 0 aliphatic rings. The average Bonchev–Trinajstić information content (AvgIpc) is 2.00. The van der Waals surface area contributed by atoms with E-state index >= 15 is 0 Å². The molecule has 0 radical (unpaired) electrons. The standard InChI is InChI=1S/C9H16ClNO/c1-4-5-7(2)9(12)11-6-8(3)10/h7H,3-6H2,1-2H3,(H,11,12). The van der Waals surface area contributed by atoms with Crippen LogP contribution in [0.25, 0.3) is 0 Å². The second-order valence-electron chi connectivity index (χ2n) is 2.92. The van der Waals surface area contributed by atoms with E-state index in [9.17, 15) is 4.79 Å². The lowest BCUT2D eigenvalue weighted by molar-refractivity contribution is -0.124. The highest BCUT2D eigenvalue weighted by Gasteiger charge is 2.10. The maximum Gasteiger partial charge on any atom is 0.223 e. The lowest BCUT2D eigenvalue weighted by Gasteiger charge is -2.09. The summed E-state index contributed by atoms with van der Waals surface area (Å²) in [7, 11) is 0. The third-order valence-electron chi connectivity index (χ3n) is 1.62. The number of halogens is 1. The summed E-state index contributed by atoms with van der Waals surface area (Å²) in [5.41, 5.74) is 0. The summed E-state index contributed by atoms with van der Waals surface area (Å²) in [5, 5.41) is 3.16. The molecule has 0 saturated carbocycles. The van der Waals surface area contributed by atoms with E-state index in [4.69, 9.17) is 11.6 Å². The summed E-state index contributed by atoms with van der Waals surface area (Å²) in [6.45, 7) is 7.82. The molecule has 1 amide bonds. The Bertz CT molecular complexity index is 168. The predicted octanol–water partition coefficient (Wildman–Crippen LogP) is 2.29. The topological polar surface area (TPSA) is 29.1 Å². The summed E-state index contributed by atoms with van der Waals surface area (Å²) in [5.74, 6) is 0.129. The molecule has 12 heavy (non-hydrogen) atoms. The summed E-state index contributed by atoms with van der Waals surface area (Å²) < 4.78 is 0. The molecule has 0 aromatic rings. The van der Waals surface area contributed by atoms with Gasteiger partial charge in [-0.05, 0) is 6.42 Å². The van der Waals surface area contributed by atoms with Gasteiger partial charge in [-0.15, -0.1) is 0 Å². The maximum absolute atomic E-state index is 11.2. The first-order valence-electron chi connectivity index (χ1n) is 4.19. The second kappa shape index (κ2) is 6.06. The van der Waals surface area contributed by atoms with Crippen molar-refractivity contribution in [1.82, 2.24) is 5.32 Å². The molecule has 0 aliphatic carbocycles. The molecular formula is C9H16ClNO. The number of carbonyl (C=O) groups is 1. The number of hydrogen-bond donors (Lipinski definition) is 1. The molecular weight excluding hydrogens is 174 g/mol. The maximum atomic E-state index is 11.2. The highest BCUT2D eigenvalue weighted by Crippen LogP contribution is 2.04. The van der Waals surface area contributed by atoms with Crippen molar-refractivity contribution in [3.05, 3.63) is 11.6 Å². The number of nitrogens with one attached hydrogen (secondary N) is 1. The van der Waals surface area contributed by atoms with E-state index in [1.807, 2.05) is 6.92 Å². The number of hydrogen-bond acceptors (Lipinski definition) is 1. The zero-order chi connectivity index (χ0) is 9.56. The van der Waals surface area contributed by atoms with Crippen LogP contribution in [0, 0.1) is 5.92 Å². The van der Waals surface area contributed by atoms with E-state index in [0.717, 1.165) is 12.8 Å². The van der Waals surface area contributed by atoms with Crippen molar-refractivity contribution in [3.8, 4) is 0 Å². The van der Waals surface area contributed by atoms with Crippen LogP contribution in [-0.2, 0) is 4.79 Å².